The third-order valence-corrected chi connectivity index (χ3v) is 5.98. The lowest BCUT2D eigenvalue weighted by Crippen LogP contribution is -2.44. The zero-order valence-electron chi connectivity index (χ0n) is 15.8. The van der Waals surface area contributed by atoms with Crippen LogP contribution in [0.5, 0.6) is 5.75 Å². The van der Waals surface area contributed by atoms with E-state index in [1.807, 2.05) is 13.1 Å². The van der Waals surface area contributed by atoms with Crippen LogP contribution in [0.1, 0.15) is 50.0 Å². The molecule has 3 rings (SSSR count). The fourth-order valence-electron chi connectivity index (χ4n) is 4.52. The van der Waals surface area contributed by atoms with Crippen molar-refractivity contribution in [2.24, 2.45) is 0 Å². The molecule has 7 heteroatoms. The molecular formula is C20H29F3N2O2. The molecule has 2 atom stereocenters. The molecule has 0 bridgehead atoms. The van der Waals surface area contributed by atoms with Gasteiger partial charge in [0.25, 0.3) is 0 Å². The van der Waals surface area contributed by atoms with Crippen LogP contribution in [-0.4, -0.2) is 54.7 Å². The van der Waals surface area contributed by atoms with Crippen molar-refractivity contribution in [1.29, 1.82) is 0 Å². The van der Waals surface area contributed by atoms with Gasteiger partial charge in [-0.05, 0) is 50.6 Å². The van der Waals surface area contributed by atoms with E-state index in [4.69, 9.17) is 0 Å². The standard InChI is InChI=1S/C20H29F3N2O2/c1-24-16-8-11-25(13-16)14-18(19(26)9-3-2-4-10-19)15-6-5-7-17(12-15)27-20(21,22)23/h5-7,12,16,18,24,26H,2-4,8-11,13-14H2,1H3. The van der Waals surface area contributed by atoms with Gasteiger partial charge in [-0.3, -0.25) is 0 Å². The van der Waals surface area contributed by atoms with Crippen molar-refractivity contribution in [3.8, 4) is 5.75 Å². The molecule has 0 radical (unpaired) electrons. The lowest BCUT2D eigenvalue weighted by atomic mass is 9.72. The summed E-state index contributed by atoms with van der Waals surface area (Å²) in [6, 6.07) is 6.57. The summed E-state index contributed by atoms with van der Waals surface area (Å²) in [6.45, 7) is 2.46. The predicted molar refractivity (Wildman–Crippen MR) is 97.8 cm³/mol. The van der Waals surface area contributed by atoms with Gasteiger partial charge in [-0.1, -0.05) is 31.4 Å². The van der Waals surface area contributed by atoms with Crippen molar-refractivity contribution < 1.29 is 23.0 Å². The minimum Gasteiger partial charge on any atom is -0.406 e. The minimum absolute atomic E-state index is 0.223. The summed E-state index contributed by atoms with van der Waals surface area (Å²) < 4.78 is 42.0. The van der Waals surface area contributed by atoms with Crippen molar-refractivity contribution in [3.05, 3.63) is 29.8 Å². The Morgan fingerprint density at radius 3 is 2.67 bits per heavy atom. The van der Waals surface area contributed by atoms with Gasteiger partial charge < -0.3 is 20.1 Å². The third kappa shape index (κ3) is 5.36. The second-order valence-electron chi connectivity index (χ2n) is 7.87. The minimum atomic E-state index is -4.72. The van der Waals surface area contributed by atoms with Crippen LogP contribution >= 0.6 is 0 Å². The lowest BCUT2D eigenvalue weighted by Gasteiger charge is -2.41. The molecule has 0 amide bonds. The van der Waals surface area contributed by atoms with Crippen LogP contribution in [0.15, 0.2) is 24.3 Å². The Morgan fingerprint density at radius 1 is 1.30 bits per heavy atom. The Morgan fingerprint density at radius 2 is 2.04 bits per heavy atom. The van der Waals surface area contributed by atoms with Gasteiger partial charge in [0.1, 0.15) is 5.75 Å². The number of ether oxygens (including phenoxy) is 1. The monoisotopic (exact) mass is 386 g/mol. The molecule has 1 saturated heterocycles. The average Bonchev–Trinajstić information content (AvgIpc) is 3.07. The summed E-state index contributed by atoms with van der Waals surface area (Å²) in [5, 5.41) is 14.7. The van der Waals surface area contributed by atoms with Crippen molar-refractivity contribution in [1.82, 2.24) is 10.2 Å². The number of halogens is 3. The molecule has 1 heterocycles. The molecular weight excluding hydrogens is 357 g/mol. The molecule has 0 aromatic heterocycles. The van der Waals surface area contributed by atoms with E-state index in [1.54, 1.807) is 6.07 Å². The van der Waals surface area contributed by atoms with E-state index in [0.717, 1.165) is 38.8 Å². The van der Waals surface area contributed by atoms with Gasteiger partial charge in [0, 0.05) is 25.0 Å². The summed E-state index contributed by atoms with van der Waals surface area (Å²) >= 11 is 0. The number of likely N-dealkylation sites (N-methyl/N-ethyl adjacent to an activating group) is 1. The maximum Gasteiger partial charge on any atom is 0.573 e. The van der Waals surface area contributed by atoms with Crippen LogP contribution in [0.3, 0.4) is 0 Å². The number of hydrogen-bond acceptors (Lipinski definition) is 4. The van der Waals surface area contributed by atoms with E-state index in [-0.39, 0.29) is 11.7 Å². The smallest absolute Gasteiger partial charge is 0.406 e. The summed E-state index contributed by atoms with van der Waals surface area (Å²) in [5.41, 5.74) is -0.165. The van der Waals surface area contributed by atoms with E-state index in [2.05, 4.69) is 15.0 Å². The fourth-order valence-corrected chi connectivity index (χ4v) is 4.52. The molecule has 4 nitrogen and oxygen atoms in total. The molecule has 1 saturated carbocycles. The van der Waals surface area contributed by atoms with Crippen LogP contribution in [0.4, 0.5) is 13.2 Å². The Bertz CT molecular complexity index is 617. The molecule has 152 valence electrons. The SMILES string of the molecule is CNC1CCN(CC(c2cccc(OC(F)(F)F)c2)C2(O)CCCCC2)C1. The third-order valence-electron chi connectivity index (χ3n) is 5.98. The molecule has 1 aliphatic heterocycles. The maximum atomic E-state index is 12.6. The van der Waals surface area contributed by atoms with Crippen LogP contribution in [0, 0.1) is 0 Å². The second kappa shape index (κ2) is 8.37. The molecule has 1 aromatic carbocycles. The number of benzene rings is 1. The molecule has 1 aliphatic carbocycles. The topological polar surface area (TPSA) is 44.7 Å². The van der Waals surface area contributed by atoms with E-state index in [0.29, 0.717) is 31.0 Å². The number of aliphatic hydroxyl groups is 1. The molecule has 27 heavy (non-hydrogen) atoms. The van der Waals surface area contributed by atoms with E-state index in [9.17, 15) is 18.3 Å². The highest BCUT2D eigenvalue weighted by Gasteiger charge is 2.41. The van der Waals surface area contributed by atoms with Crippen LogP contribution < -0.4 is 10.1 Å². The van der Waals surface area contributed by atoms with Crippen molar-refractivity contribution in [2.75, 3.05) is 26.7 Å². The first-order valence-electron chi connectivity index (χ1n) is 9.77. The highest BCUT2D eigenvalue weighted by Crippen LogP contribution is 2.41. The fraction of sp³-hybridized carbons (Fsp3) is 0.700. The summed E-state index contributed by atoms with van der Waals surface area (Å²) in [7, 11) is 1.94. The molecule has 0 spiro atoms. The highest BCUT2D eigenvalue weighted by molar-refractivity contribution is 5.33. The first kappa shape index (κ1) is 20.4. The van der Waals surface area contributed by atoms with Gasteiger partial charge in [-0.15, -0.1) is 13.2 Å². The number of hydrogen-bond donors (Lipinski definition) is 2. The quantitative estimate of drug-likeness (QED) is 0.783. The number of likely N-dealkylation sites (tertiary alicyclic amines) is 1. The summed E-state index contributed by atoms with van der Waals surface area (Å²) in [6.07, 6.45) is 0.688. The van der Waals surface area contributed by atoms with Crippen LogP contribution in [0.2, 0.25) is 0 Å². The number of alkyl halides is 3. The molecule has 2 unspecified atom stereocenters. The van der Waals surface area contributed by atoms with Crippen molar-refractivity contribution in [2.45, 2.75) is 62.4 Å². The van der Waals surface area contributed by atoms with Gasteiger partial charge in [-0.2, -0.15) is 0 Å². The molecule has 2 aliphatic rings. The maximum absolute atomic E-state index is 12.6. The van der Waals surface area contributed by atoms with Crippen LogP contribution in [0.25, 0.3) is 0 Å². The Balaban J connectivity index is 1.84. The Kier molecular flexibility index (Phi) is 6.33. The average molecular weight is 386 g/mol. The Labute approximate surface area is 158 Å². The molecule has 1 aromatic rings. The summed E-state index contributed by atoms with van der Waals surface area (Å²) in [4.78, 5) is 2.30. The van der Waals surface area contributed by atoms with E-state index < -0.39 is 12.0 Å². The summed E-state index contributed by atoms with van der Waals surface area (Å²) in [5.74, 6) is -0.455. The van der Waals surface area contributed by atoms with Crippen molar-refractivity contribution in [3.63, 3.8) is 0 Å². The van der Waals surface area contributed by atoms with Crippen LogP contribution in [-0.2, 0) is 0 Å². The van der Waals surface area contributed by atoms with E-state index in [1.165, 1.54) is 12.1 Å². The van der Waals surface area contributed by atoms with Gasteiger partial charge in [0.15, 0.2) is 0 Å². The van der Waals surface area contributed by atoms with Gasteiger partial charge in [0.05, 0.1) is 5.60 Å². The van der Waals surface area contributed by atoms with Gasteiger partial charge in [0.2, 0.25) is 0 Å². The van der Waals surface area contributed by atoms with Gasteiger partial charge >= 0.3 is 6.36 Å². The number of nitrogens with zero attached hydrogens (tertiary/aromatic N) is 1. The largest absolute Gasteiger partial charge is 0.573 e. The zero-order chi connectivity index (χ0) is 19.5. The lowest BCUT2D eigenvalue weighted by molar-refractivity contribution is -0.274. The van der Waals surface area contributed by atoms with Gasteiger partial charge in [-0.25, -0.2) is 0 Å². The van der Waals surface area contributed by atoms with E-state index >= 15 is 0 Å². The van der Waals surface area contributed by atoms with Crippen molar-refractivity contribution >= 4 is 0 Å². The second-order valence-corrected chi connectivity index (χ2v) is 7.87. The highest BCUT2D eigenvalue weighted by atomic mass is 19.4. The molecule has 2 fully saturated rings. The normalized spacial score (nSPS) is 24.7. The first-order chi connectivity index (χ1) is 12.8. The number of nitrogens with one attached hydrogen (secondary N) is 1. The Hall–Kier alpha value is -1.31. The predicted octanol–water partition coefficient (Wildman–Crippen LogP) is 3.66. The zero-order valence-corrected chi connectivity index (χ0v) is 15.8. The first-order valence-corrected chi connectivity index (χ1v) is 9.77. The molecule has 2 N–H and O–H groups in total. The number of rotatable bonds is 6.